The Kier molecular flexibility index (Phi) is 8.42. The third kappa shape index (κ3) is 9.82. The number of aliphatic hydroxyl groups excluding tert-OH is 1. The SMILES string of the molecule is CCCC(=O)OC(O)/C=C(\C)CCC=C(C)C. The Balaban J connectivity index is 4.01. The standard InChI is InChI=1S/C14H24O3/c1-5-7-13(15)17-14(16)10-12(4)9-6-8-11(2)3/h8,10,14,16H,5-7,9H2,1-4H3/b12-10+. The Morgan fingerprint density at radius 1 is 1.29 bits per heavy atom. The van der Waals surface area contributed by atoms with Crippen molar-refractivity contribution in [2.75, 3.05) is 0 Å². The van der Waals surface area contributed by atoms with E-state index in [1.807, 2.05) is 13.8 Å². The van der Waals surface area contributed by atoms with Crippen LogP contribution in [0.3, 0.4) is 0 Å². The number of carbonyl (C=O) groups excluding carboxylic acids is 1. The number of carbonyl (C=O) groups is 1. The monoisotopic (exact) mass is 240 g/mol. The molecular formula is C14H24O3. The van der Waals surface area contributed by atoms with Gasteiger partial charge in [0.05, 0.1) is 0 Å². The largest absolute Gasteiger partial charge is 0.432 e. The van der Waals surface area contributed by atoms with Crippen LogP contribution in [0.1, 0.15) is 53.4 Å². The molecule has 0 saturated heterocycles. The molecule has 3 nitrogen and oxygen atoms in total. The average molecular weight is 240 g/mol. The summed E-state index contributed by atoms with van der Waals surface area (Å²) in [6.45, 7) is 7.94. The molecule has 0 saturated carbocycles. The zero-order valence-electron chi connectivity index (χ0n) is 11.3. The van der Waals surface area contributed by atoms with Gasteiger partial charge in [-0.1, -0.05) is 24.1 Å². The molecule has 0 heterocycles. The third-order valence-electron chi connectivity index (χ3n) is 2.22. The molecule has 17 heavy (non-hydrogen) atoms. The van der Waals surface area contributed by atoms with E-state index in [0.717, 1.165) is 24.8 Å². The normalized spacial score (nSPS) is 13.1. The summed E-state index contributed by atoms with van der Waals surface area (Å²) < 4.78 is 4.81. The van der Waals surface area contributed by atoms with Crippen LogP contribution in [0.4, 0.5) is 0 Å². The van der Waals surface area contributed by atoms with Crippen molar-refractivity contribution in [3.8, 4) is 0 Å². The van der Waals surface area contributed by atoms with E-state index in [0.29, 0.717) is 6.42 Å². The van der Waals surface area contributed by atoms with Crippen LogP contribution in [0.15, 0.2) is 23.3 Å². The number of rotatable bonds is 7. The van der Waals surface area contributed by atoms with Gasteiger partial charge < -0.3 is 9.84 Å². The maximum atomic E-state index is 11.1. The van der Waals surface area contributed by atoms with Crippen LogP contribution in [-0.2, 0) is 9.53 Å². The number of aliphatic hydroxyl groups is 1. The predicted octanol–water partition coefficient (Wildman–Crippen LogP) is 3.34. The van der Waals surface area contributed by atoms with Crippen LogP contribution in [0.2, 0.25) is 0 Å². The van der Waals surface area contributed by atoms with Crippen molar-refractivity contribution in [1.82, 2.24) is 0 Å². The van der Waals surface area contributed by atoms with Crippen molar-refractivity contribution in [3.05, 3.63) is 23.3 Å². The molecule has 0 amide bonds. The van der Waals surface area contributed by atoms with Gasteiger partial charge in [-0.15, -0.1) is 0 Å². The number of allylic oxidation sites excluding steroid dienone is 3. The van der Waals surface area contributed by atoms with E-state index in [1.54, 1.807) is 6.08 Å². The molecular weight excluding hydrogens is 216 g/mol. The van der Waals surface area contributed by atoms with Gasteiger partial charge in [0.1, 0.15) is 0 Å². The number of ether oxygens (including phenoxy) is 1. The second kappa shape index (κ2) is 8.99. The lowest BCUT2D eigenvalue weighted by Gasteiger charge is -2.09. The lowest BCUT2D eigenvalue weighted by Crippen LogP contribution is -2.15. The van der Waals surface area contributed by atoms with Crippen LogP contribution in [0.5, 0.6) is 0 Å². The summed E-state index contributed by atoms with van der Waals surface area (Å²) in [7, 11) is 0. The zero-order chi connectivity index (χ0) is 13.3. The van der Waals surface area contributed by atoms with Crippen LogP contribution < -0.4 is 0 Å². The van der Waals surface area contributed by atoms with Gasteiger partial charge in [-0.2, -0.15) is 0 Å². The summed E-state index contributed by atoms with van der Waals surface area (Å²) in [6, 6.07) is 0. The highest BCUT2D eigenvalue weighted by Crippen LogP contribution is 2.08. The highest BCUT2D eigenvalue weighted by atomic mass is 16.6. The Bertz CT molecular complexity index is 286. The molecule has 0 fully saturated rings. The van der Waals surface area contributed by atoms with Crippen LogP contribution in [-0.4, -0.2) is 17.4 Å². The van der Waals surface area contributed by atoms with E-state index in [4.69, 9.17) is 4.74 Å². The van der Waals surface area contributed by atoms with E-state index in [9.17, 15) is 9.90 Å². The molecule has 0 radical (unpaired) electrons. The Morgan fingerprint density at radius 3 is 2.47 bits per heavy atom. The van der Waals surface area contributed by atoms with Gasteiger partial charge in [-0.05, 0) is 46.1 Å². The predicted molar refractivity (Wildman–Crippen MR) is 69.4 cm³/mol. The van der Waals surface area contributed by atoms with Crippen LogP contribution in [0, 0.1) is 0 Å². The van der Waals surface area contributed by atoms with Gasteiger partial charge >= 0.3 is 5.97 Å². The van der Waals surface area contributed by atoms with Gasteiger partial charge in [0, 0.05) is 6.42 Å². The van der Waals surface area contributed by atoms with Gasteiger partial charge in [0.25, 0.3) is 0 Å². The molecule has 0 aliphatic rings. The lowest BCUT2D eigenvalue weighted by atomic mass is 10.1. The molecule has 1 atom stereocenters. The van der Waals surface area contributed by atoms with Crippen molar-refractivity contribution < 1.29 is 14.6 Å². The fraction of sp³-hybridized carbons (Fsp3) is 0.643. The van der Waals surface area contributed by atoms with Crippen molar-refractivity contribution >= 4 is 5.97 Å². The van der Waals surface area contributed by atoms with Crippen LogP contribution >= 0.6 is 0 Å². The Hall–Kier alpha value is -1.09. The molecule has 0 aliphatic carbocycles. The summed E-state index contributed by atoms with van der Waals surface area (Å²) in [5, 5.41) is 9.49. The van der Waals surface area contributed by atoms with E-state index < -0.39 is 6.29 Å². The van der Waals surface area contributed by atoms with E-state index in [1.165, 1.54) is 5.57 Å². The van der Waals surface area contributed by atoms with Crippen LogP contribution in [0.25, 0.3) is 0 Å². The topological polar surface area (TPSA) is 46.5 Å². The minimum atomic E-state index is -1.11. The lowest BCUT2D eigenvalue weighted by molar-refractivity contribution is -0.160. The minimum absolute atomic E-state index is 0.349. The van der Waals surface area contributed by atoms with Crippen molar-refractivity contribution in [2.45, 2.75) is 59.7 Å². The smallest absolute Gasteiger partial charge is 0.308 e. The molecule has 0 spiro atoms. The van der Waals surface area contributed by atoms with Gasteiger partial charge in [-0.3, -0.25) is 4.79 Å². The Labute approximate surface area is 104 Å². The molecule has 3 heteroatoms. The molecule has 0 rings (SSSR count). The molecule has 98 valence electrons. The van der Waals surface area contributed by atoms with Gasteiger partial charge in [0.2, 0.25) is 6.29 Å². The fourth-order valence-electron chi connectivity index (χ4n) is 1.35. The highest BCUT2D eigenvalue weighted by Gasteiger charge is 2.07. The van der Waals surface area contributed by atoms with Gasteiger partial charge in [0.15, 0.2) is 0 Å². The first kappa shape index (κ1) is 15.9. The van der Waals surface area contributed by atoms with E-state index >= 15 is 0 Å². The number of esters is 1. The second-order valence-corrected chi connectivity index (χ2v) is 4.46. The summed E-state index contributed by atoms with van der Waals surface area (Å²) >= 11 is 0. The summed E-state index contributed by atoms with van der Waals surface area (Å²) in [5.41, 5.74) is 2.31. The molecule has 1 unspecified atom stereocenters. The first-order valence-electron chi connectivity index (χ1n) is 6.14. The molecule has 1 N–H and O–H groups in total. The summed E-state index contributed by atoms with van der Waals surface area (Å²) in [5.74, 6) is -0.353. The van der Waals surface area contributed by atoms with Crippen molar-refractivity contribution in [3.63, 3.8) is 0 Å². The maximum absolute atomic E-state index is 11.1. The first-order chi connectivity index (χ1) is 7.95. The second-order valence-electron chi connectivity index (χ2n) is 4.46. The minimum Gasteiger partial charge on any atom is -0.432 e. The Morgan fingerprint density at radius 2 is 1.94 bits per heavy atom. The average Bonchev–Trinajstić information content (AvgIpc) is 2.16. The zero-order valence-corrected chi connectivity index (χ0v) is 11.3. The summed E-state index contributed by atoms with van der Waals surface area (Å²) in [6.07, 6.45) is 5.52. The molecule has 0 aromatic carbocycles. The van der Waals surface area contributed by atoms with Crippen molar-refractivity contribution in [1.29, 1.82) is 0 Å². The van der Waals surface area contributed by atoms with E-state index in [-0.39, 0.29) is 5.97 Å². The third-order valence-corrected chi connectivity index (χ3v) is 2.22. The molecule has 0 bridgehead atoms. The summed E-state index contributed by atoms with van der Waals surface area (Å²) in [4.78, 5) is 11.1. The quantitative estimate of drug-likeness (QED) is 0.422. The molecule has 0 aromatic heterocycles. The number of hydrogen-bond donors (Lipinski definition) is 1. The first-order valence-corrected chi connectivity index (χ1v) is 6.14. The molecule has 0 aromatic rings. The molecule has 0 aliphatic heterocycles. The highest BCUT2D eigenvalue weighted by molar-refractivity contribution is 5.69. The van der Waals surface area contributed by atoms with E-state index in [2.05, 4.69) is 19.9 Å². The fourth-order valence-corrected chi connectivity index (χ4v) is 1.35. The number of hydrogen-bond acceptors (Lipinski definition) is 3. The van der Waals surface area contributed by atoms with Gasteiger partial charge in [-0.25, -0.2) is 0 Å². The van der Waals surface area contributed by atoms with Crippen molar-refractivity contribution in [2.24, 2.45) is 0 Å². The maximum Gasteiger partial charge on any atom is 0.308 e.